The molecule has 2 aromatic heterocycles. The summed E-state index contributed by atoms with van der Waals surface area (Å²) >= 11 is 0. The Balaban J connectivity index is 1.50. The first-order chi connectivity index (χ1) is 9.38. The van der Waals surface area contributed by atoms with E-state index in [0.717, 1.165) is 30.1 Å². The fraction of sp³-hybridized carbons (Fsp3) is 0.571. The average Bonchev–Trinajstić information content (AvgIpc) is 3.16. The van der Waals surface area contributed by atoms with E-state index in [-0.39, 0.29) is 0 Å². The van der Waals surface area contributed by atoms with Gasteiger partial charge in [0.05, 0.1) is 6.20 Å². The Morgan fingerprint density at radius 2 is 2.21 bits per heavy atom. The van der Waals surface area contributed by atoms with E-state index in [4.69, 9.17) is 4.52 Å². The minimum atomic E-state index is 0.547. The summed E-state index contributed by atoms with van der Waals surface area (Å²) in [6.45, 7) is 0. The predicted molar refractivity (Wildman–Crippen MR) is 68.0 cm³/mol. The maximum absolute atomic E-state index is 5.36. The van der Waals surface area contributed by atoms with Crippen LogP contribution in [0.1, 0.15) is 31.6 Å². The zero-order valence-electron chi connectivity index (χ0n) is 10.7. The van der Waals surface area contributed by atoms with Crippen molar-refractivity contribution in [2.75, 3.05) is 0 Å². The van der Waals surface area contributed by atoms with Crippen molar-refractivity contribution in [2.45, 2.75) is 32.1 Å². The largest absolute Gasteiger partial charge is 0.339 e. The molecule has 2 aliphatic rings. The van der Waals surface area contributed by atoms with Crippen LogP contribution in [-0.2, 0) is 6.42 Å². The van der Waals surface area contributed by atoms with Gasteiger partial charge in [0.1, 0.15) is 5.69 Å². The molecule has 0 unspecified atom stereocenters. The standard InChI is InChI=1S/C14H16N4O/c1-2-10-5-9(1)6-11(10)7-13-17-14(18-19-13)12-8-15-3-4-16-12/h3-4,8-11H,1-2,5-7H2/t9-,10+,11+/m0/s1. The summed E-state index contributed by atoms with van der Waals surface area (Å²) in [7, 11) is 0. The van der Waals surface area contributed by atoms with Crippen molar-refractivity contribution in [1.82, 2.24) is 20.1 Å². The minimum absolute atomic E-state index is 0.547. The molecule has 2 heterocycles. The average molecular weight is 256 g/mol. The molecule has 0 radical (unpaired) electrons. The molecule has 2 aromatic rings. The fourth-order valence-corrected chi connectivity index (χ4v) is 3.71. The third-order valence-electron chi connectivity index (χ3n) is 4.58. The van der Waals surface area contributed by atoms with Gasteiger partial charge >= 0.3 is 0 Å². The van der Waals surface area contributed by atoms with Crippen LogP contribution in [0.5, 0.6) is 0 Å². The van der Waals surface area contributed by atoms with Crippen molar-refractivity contribution < 1.29 is 4.52 Å². The minimum Gasteiger partial charge on any atom is -0.339 e. The van der Waals surface area contributed by atoms with Gasteiger partial charge in [-0.1, -0.05) is 11.6 Å². The molecule has 5 heteroatoms. The molecule has 2 aliphatic carbocycles. The first-order valence-corrected chi connectivity index (χ1v) is 6.97. The Kier molecular flexibility index (Phi) is 2.57. The first kappa shape index (κ1) is 11.1. The van der Waals surface area contributed by atoms with Crippen LogP contribution in [0.4, 0.5) is 0 Å². The van der Waals surface area contributed by atoms with Crippen molar-refractivity contribution in [3.63, 3.8) is 0 Å². The highest BCUT2D eigenvalue weighted by Gasteiger charge is 2.40. The van der Waals surface area contributed by atoms with Gasteiger partial charge in [0.15, 0.2) is 0 Å². The molecule has 4 rings (SSSR count). The fourth-order valence-electron chi connectivity index (χ4n) is 3.71. The van der Waals surface area contributed by atoms with Gasteiger partial charge in [-0.3, -0.25) is 4.98 Å². The molecule has 0 amide bonds. The molecule has 0 aliphatic heterocycles. The molecule has 2 bridgehead atoms. The van der Waals surface area contributed by atoms with Crippen LogP contribution < -0.4 is 0 Å². The van der Waals surface area contributed by atoms with E-state index in [1.54, 1.807) is 18.6 Å². The molecule has 2 fully saturated rings. The van der Waals surface area contributed by atoms with Crippen LogP contribution in [0.3, 0.4) is 0 Å². The molecule has 19 heavy (non-hydrogen) atoms. The Labute approximate surface area is 111 Å². The Hall–Kier alpha value is -1.78. The summed E-state index contributed by atoms with van der Waals surface area (Å²) in [6, 6.07) is 0. The van der Waals surface area contributed by atoms with Gasteiger partial charge in [0, 0.05) is 18.8 Å². The second-order valence-corrected chi connectivity index (χ2v) is 5.74. The van der Waals surface area contributed by atoms with Crippen LogP contribution in [-0.4, -0.2) is 20.1 Å². The van der Waals surface area contributed by atoms with Gasteiger partial charge in [0.25, 0.3) is 0 Å². The lowest BCUT2D eigenvalue weighted by molar-refractivity contribution is 0.288. The topological polar surface area (TPSA) is 64.7 Å². The van der Waals surface area contributed by atoms with Crippen molar-refractivity contribution >= 4 is 0 Å². The maximum Gasteiger partial charge on any atom is 0.227 e. The molecule has 0 saturated heterocycles. The number of rotatable bonds is 3. The number of hydrogen-bond acceptors (Lipinski definition) is 5. The van der Waals surface area contributed by atoms with Crippen molar-refractivity contribution in [3.8, 4) is 11.5 Å². The highest BCUT2D eigenvalue weighted by atomic mass is 16.5. The van der Waals surface area contributed by atoms with Crippen LogP contribution >= 0.6 is 0 Å². The SMILES string of the molecule is c1cnc(-c2noc(C[C@H]3C[C@H]4CC[C@@H]3C4)n2)cn1. The lowest BCUT2D eigenvalue weighted by Gasteiger charge is -2.19. The summed E-state index contributed by atoms with van der Waals surface area (Å²) in [5.41, 5.74) is 0.672. The maximum atomic E-state index is 5.36. The number of aromatic nitrogens is 4. The Morgan fingerprint density at radius 3 is 2.95 bits per heavy atom. The molecule has 98 valence electrons. The zero-order chi connectivity index (χ0) is 12.7. The van der Waals surface area contributed by atoms with Crippen LogP contribution in [0.15, 0.2) is 23.1 Å². The highest BCUT2D eigenvalue weighted by Crippen LogP contribution is 2.49. The van der Waals surface area contributed by atoms with E-state index >= 15 is 0 Å². The van der Waals surface area contributed by atoms with E-state index in [1.807, 2.05) is 0 Å². The molecular formula is C14H16N4O. The predicted octanol–water partition coefficient (Wildman–Crippen LogP) is 2.51. The van der Waals surface area contributed by atoms with Crippen LogP contribution in [0.2, 0.25) is 0 Å². The summed E-state index contributed by atoms with van der Waals surface area (Å²) in [6.07, 6.45) is 11.4. The third kappa shape index (κ3) is 2.03. The summed E-state index contributed by atoms with van der Waals surface area (Å²) in [5.74, 6) is 3.88. The summed E-state index contributed by atoms with van der Waals surface area (Å²) < 4.78 is 5.36. The second-order valence-electron chi connectivity index (χ2n) is 5.74. The first-order valence-electron chi connectivity index (χ1n) is 6.97. The van der Waals surface area contributed by atoms with Crippen LogP contribution in [0.25, 0.3) is 11.5 Å². The summed E-state index contributed by atoms with van der Waals surface area (Å²) in [5, 5.41) is 4.00. The summed E-state index contributed by atoms with van der Waals surface area (Å²) in [4.78, 5) is 12.7. The molecule has 0 spiro atoms. The van der Waals surface area contributed by atoms with Gasteiger partial charge in [0.2, 0.25) is 11.7 Å². The van der Waals surface area contributed by atoms with Crippen molar-refractivity contribution in [1.29, 1.82) is 0 Å². The lowest BCUT2D eigenvalue weighted by Crippen LogP contribution is -2.13. The molecular weight excluding hydrogens is 240 g/mol. The normalized spacial score (nSPS) is 28.9. The number of nitrogens with zero attached hydrogens (tertiary/aromatic N) is 4. The van der Waals surface area contributed by atoms with E-state index in [1.165, 1.54) is 25.7 Å². The van der Waals surface area contributed by atoms with Crippen molar-refractivity contribution in [2.24, 2.45) is 17.8 Å². The zero-order valence-corrected chi connectivity index (χ0v) is 10.7. The lowest BCUT2D eigenvalue weighted by atomic mass is 9.86. The molecule has 0 N–H and O–H groups in total. The van der Waals surface area contributed by atoms with E-state index in [2.05, 4.69) is 20.1 Å². The molecule has 0 aromatic carbocycles. The monoisotopic (exact) mass is 256 g/mol. The molecule has 2 saturated carbocycles. The third-order valence-corrected chi connectivity index (χ3v) is 4.58. The van der Waals surface area contributed by atoms with Crippen LogP contribution in [0, 0.1) is 17.8 Å². The van der Waals surface area contributed by atoms with Gasteiger partial charge < -0.3 is 4.52 Å². The van der Waals surface area contributed by atoms with E-state index < -0.39 is 0 Å². The second kappa shape index (κ2) is 4.40. The van der Waals surface area contributed by atoms with Gasteiger partial charge in [-0.05, 0) is 37.0 Å². The van der Waals surface area contributed by atoms with Gasteiger partial charge in [-0.2, -0.15) is 4.98 Å². The number of fused-ring (bicyclic) bond motifs is 2. The Morgan fingerprint density at radius 1 is 1.21 bits per heavy atom. The molecule has 5 nitrogen and oxygen atoms in total. The number of hydrogen-bond donors (Lipinski definition) is 0. The van der Waals surface area contributed by atoms with Crippen molar-refractivity contribution in [3.05, 3.63) is 24.5 Å². The quantitative estimate of drug-likeness (QED) is 0.844. The highest BCUT2D eigenvalue weighted by molar-refractivity contribution is 5.45. The van der Waals surface area contributed by atoms with Gasteiger partial charge in [-0.25, -0.2) is 4.98 Å². The van der Waals surface area contributed by atoms with E-state index in [0.29, 0.717) is 11.5 Å². The smallest absolute Gasteiger partial charge is 0.227 e. The van der Waals surface area contributed by atoms with Gasteiger partial charge in [-0.15, -0.1) is 0 Å². The molecule has 3 atom stereocenters. The van der Waals surface area contributed by atoms with E-state index in [9.17, 15) is 0 Å². The Bertz CT molecular complexity index is 568.